The molecule has 7 nitrogen and oxygen atoms in total. The fourth-order valence-electron chi connectivity index (χ4n) is 2.95. The Bertz CT molecular complexity index is 1030. The molecule has 3 aromatic heterocycles. The van der Waals surface area contributed by atoms with Gasteiger partial charge in [-0.15, -0.1) is 10.2 Å². The van der Waals surface area contributed by atoms with E-state index in [-0.39, 0.29) is 11.7 Å². The van der Waals surface area contributed by atoms with Gasteiger partial charge in [-0.05, 0) is 25.8 Å². The van der Waals surface area contributed by atoms with Gasteiger partial charge in [0.15, 0.2) is 23.4 Å². The first-order chi connectivity index (χ1) is 13.8. The van der Waals surface area contributed by atoms with Crippen LogP contribution in [0.4, 0.5) is 17.6 Å². The lowest BCUT2D eigenvalue weighted by Gasteiger charge is -2.21. The summed E-state index contributed by atoms with van der Waals surface area (Å²) < 4.78 is 65.6. The van der Waals surface area contributed by atoms with Gasteiger partial charge in [0.05, 0.1) is 11.9 Å². The van der Waals surface area contributed by atoms with Crippen LogP contribution in [0.1, 0.15) is 31.7 Å². The van der Waals surface area contributed by atoms with E-state index in [4.69, 9.17) is 9.47 Å². The lowest BCUT2D eigenvalue weighted by molar-refractivity contribution is -0.202. The Balaban J connectivity index is 1.64. The van der Waals surface area contributed by atoms with Gasteiger partial charge in [0, 0.05) is 31.0 Å². The first-order valence-electron chi connectivity index (χ1n) is 8.90. The van der Waals surface area contributed by atoms with Crippen LogP contribution in [0.2, 0.25) is 0 Å². The van der Waals surface area contributed by atoms with Gasteiger partial charge in [0.2, 0.25) is 0 Å². The maximum atomic E-state index is 14.4. The topological polar surface area (TPSA) is 74.4 Å². The van der Waals surface area contributed by atoms with Crippen molar-refractivity contribution in [2.24, 2.45) is 5.92 Å². The maximum absolute atomic E-state index is 14.4. The van der Waals surface area contributed by atoms with E-state index in [1.54, 1.807) is 17.5 Å². The lowest BCUT2D eigenvalue weighted by atomic mass is 10.2. The quantitative estimate of drug-likeness (QED) is 0.575. The highest BCUT2D eigenvalue weighted by Gasteiger charge is 2.51. The minimum absolute atomic E-state index is 0.274. The number of ether oxygens (including phenoxy) is 2. The smallest absolute Gasteiger partial charge is 0.425 e. The van der Waals surface area contributed by atoms with E-state index < -0.39 is 29.9 Å². The molecule has 29 heavy (non-hydrogen) atoms. The maximum Gasteiger partial charge on any atom is 0.425 e. The van der Waals surface area contributed by atoms with Gasteiger partial charge in [0.25, 0.3) is 5.88 Å². The number of fused-ring (bicyclic) bond motifs is 1. The Morgan fingerprint density at radius 2 is 1.93 bits per heavy atom. The number of halogens is 4. The summed E-state index contributed by atoms with van der Waals surface area (Å²) in [5.41, 5.74) is 1.09. The first-order valence-corrected chi connectivity index (χ1v) is 8.90. The van der Waals surface area contributed by atoms with Gasteiger partial charge in [-0.1, -0.05) is 0 Å². The summed E-state index contributed by atoms with van der Waals surface area (Å²) >= 11 is 0. The minimum atomic E-state index is -4.58. The fourth-order valence-corrected chi connectivity index (χ4v) is 2.95. The normalized spacial score (nSPS) is 16.8. The number of pyridine rings is 1. The molecule has 0 radical (unpaired) electrons. The van der Waals surface area contributed by atoms with Crippen LogP contribution >= 0.6 is 0 Å². The van der Waals surface area contributed by atoms with E-state index in [0.29, 0.717) is 30.0 Å². The lowest BCUT2D eigenvalue weighted by Crippen LogP contribution is -2.36. The summed E-state index contributed by atoms with van der Waals surface area (Å²) in [6.45, 7) is 1.79. The molecule has 154 valence electrons. The average Bonchev–Trinajstić information content (AvgIpc) is 3.43. The van der Waals surface area contributed by atoms with Crippen molar-refractivity contribution in [1.82, 2.24) is 24.6 Å². The highest BCUT2D eigenvalue weighted by atomic mass is 19.4. The van der Waals surface area contributed by atoms with Crippen molar-refractivity contribution in [2.45, 2.75) is 38.1 Å². The van der Waals surface area contributed by atoms with Crippen molar-refractivity contribution in [3.63, 3.8) is 0 Å². The molecule has 2 atom stereocenters. The van der Waals surface area contributed by atoms with Crippen molar-refractivity contribution in [3.8, 4) is 17.1 Å². The molecule has 0 aromatic carbocycles. The second kappa shape index (κ2) is 7.21. The molecule has 1 unspecified atom stereocenters. The number of hydrogen-bond donors (Lipinski definition) is 0. The monoisotopic (exact) mass is 411 g/mol. The molecule has 1 aliphatic carbocycles. The van der Waals surface area contributed by atoms with Crippen molar-refractivity contribution in [1.29, 1.82) is 0 Å². The molecule has 11 heteroatoms. The largest absolute Gasteiger partial charge is 0.462 e. The van der Waals surface area contributed by atoms with Gasteiger partial charge < -0.3 is 9.47 Å². The molecule has 0 spiro atoms. The van der Waals surface area contributed by atoms with Crippen LogP contribution in [0.15, 0.2) is 24.7 Å². The average molecular weight is 411 g/mol. The minimum Gasteiger partial charge on any atom is -0.462 e. The Morgan fingerprint density at radius 1 is 1.17 bits per heavy atom. The molecule has 3 aromatic rings. The van der Waals surface area contributed by atoms with Crippen LogP contribution in [0.3, 0.4) is 0 Å². The third-order valence-electron chi connectivity index (χ3n) is 4.75. The fraction of sp³-hybridized carbons (Fsp3) is 0.444. The zero-order valence-corrected chi connectivity index (χ0v) is 15.5. The molecule has 0 N–H and O–H groups in total. The number of alkyl halides is 3. The summed E-state index contributed by atoms with van der Waals surface area (Å²) in [6, 6.07) is 1.04. The molecular formula is C18H17F4N5O2. The Hall–Kier alpha value is -2.82. The summed E-state index contributed by atoms with van der Waals surface area (Å²) in [4.78, 5) is 7.95. The van der Waals surface area contributed by atoms with Gasteiger partial charge in [-0.25, -0.2) is 9.37 Å². The molecule has 1 fully saturated rings. The van der Waals surface area contributed by atoms with Crippen molar-refractivity contribution < 1.29 is 27.0 Å². The van der Waals surface area contributed by atoms with Crippen LogP contribution in [0.5, 0.6) is 5.88 Å². The Labute approximate surface area is 162 Å². The van der Waals surface area contributed by atoms with E-state index in [2.05, 4.69) is 20.2 Å². The van der Waals surface area contributed by atoms with Gasteiger partial charge in [-0.3, -0.25) is 9.38 Å². The van der Waals surface area contributed by atoms with Crippen LogP contribution in [-0.4, -0.2) is 44.0 Å². The van der Waals surface area contributed by atoms with Crippen molar-refractivity contribution in [2.75, 3.05) is 7.11 Å². The van der Waals surface area contributed by atoms with Crippen LogP contribution in [-0.2, 0) is 4.74 Å². The molecule has 0 aliphatic heterocycles. The van der Waals surface area contributed by atoms with Gasteiger partial charge in [0.1, 0.15) is 6.10 Å². The van der Waals surface area contributed by atoms with E-state index in [0.717, 1.165) is 6.07 Å². The summed E-state index contributed by atoms with van der Waals surface area (Å²) in [6.07, 6.45) is -1.93. The van der Waals surface area contributed by atoms with Crippen LogP contribution in [0, 0.1) is 11.7 Å². The number of nitrogens with zero attached hydrogens (tertiary/aromatic N) is 5. The summed E-state index contributed by atoms with van der Waals surface area (Å²) in [7, 11) is 1.53. The zero-order valence-electron chi connectivity index (χ0n) is 15.5. The van der Waals surface area contributed by atoms with Gasteiger partial charge in [-0.2, -0.15) is 13.2 Å². The van der Waals surface area contributed by atoms with E-state index in [1.165, 1.54) is 19.5 Å². The third kappa shape index (κ3) is 3.86. The molecule has 3 heterocycles. The van der Waals surface area contributed by atoms with Crippen molar-refractivity contribution in [3.05, 3.63) is 36.3 Å². The van der Waals surface area contributed by atoms with E-state index >= 15 is 0 Å². The second-order valence-electron chi connectivity index (χ2n) is 6.87. The second-order valence-corrected chi connectivity index (χ2v) is 6.87. The third-order valence-corrected chi connectivity index (χ3v) is 4.75. The molecule has 1 saturated carbocycles. The van der Waals surface area contributed by atoms with Crippen molar-refractivity contribution >= 4 is 5.65 Å². The molecule has 4 rings (SSSR count). The van der Waals surface area contributed by atoms with Gasteiger partial charge >= 0.3 is 6.18 Å². The van der Waals surface area contributed by atoms with Crippen LogP contribution in [0.25, 0.3) is 16.9 Å². The Kier molecular flexibility index (Phi) is 4.85. The highest BCUT2D eigenvalue weighted by molar-refractivity contribution is 5.59. The van der Waals surface area contributed by atoms with Crippen LogP contribution < -0.4 is 4.74 Å². The summed E-state index contributed by atoms with van der Waals surface area (Å²) in [5, 5.41) is 8.03. The first kappa shape index (κ1) is 19.5. The number of methoxy groups -OCH3 is 1. The Morgan fingerprint density at radius 3 is 2.55 bits per heavy atom. The van der Waals surface area contributed by atoms with E-state index in [1.807, 2.05) is 0 Å². The zero-order chi connectivity index (χ0) is 20.8. The SMILES string of the molecule is CO[C@H](C)c1nnc2cnc(-c3cnc(OC(C4CC4)C(F)(F)F)c(F)c3)cn12. The molecular weight excluding hydrogens is 394 g/mol. The molecule has 0 saturated heterocycles. The number of hydrogen-bond acceptors (Lipinski definition) is 6. The number of aromatic nitrogens is 5. The standard InChI is InChI=1S/C18H17F4N5O2/c1-9(28-2)16-26-25-14-7-23-13(8-27(14)16)11-5-12(19)17(24-6-11)29-15(10-3-4-10)18(20,21)22/h5-10,15H,3-4H2,1-2H3/t9-,15?/m1/s1. The predicted molar refractivity (Wildman–Crippen MR) is 92.6 cm³/mol. The molecule has 0 bridgehead atoms. The predicted octanol–water partition coefficient (Wildman–Crippen LogP) is 3.75. The molecule has 1 aliphatic rings. The summed E-state index contributed by atoms with van der Waals surface area (Å²) in [5.74, 6) is -1.80. The highest BCUT2D eigenvalue weighted by Crippen LogP contribution is 2.42. The molecule has 0 amide bonds. The van der Waals surface area contributed by atoms with E-state index in [9.17, 15) is 17.6 Å². The number of rotatable bonds is 6.